The van der Waals surface area contributed by atoms with E-state index in [0.29, 0.717) is 24.8 Å². The first-order valence-corrected chi connectivity index (χ1v) is 26.3. The molecular weight excluding hydrogens is 982 g/mol. The average molecular weight is 1050 g/mol. The predicted octanol–water partition coefficient (Wildman–Crippen LogP) is 7.25. The minimum Gasteiger partial charge on any atom is -0.391 e. The van der Waals surface area contributed by atoms with E-state index in [-0.39, 0.29) is 82.2 Å². The summed E-state index contributed by atoms with van der Waals surface area (Å²) in [5.74, 6) is -1.46. The minimum atomic E-state index is -0.981. The summed E-state index contributed by atoms with van der Waals surface area (Å²) in [5.41, 5.74) is 9.73. The lowest BCUT2D eigenvalue weighted by Gasteiger charge is -2.39. The Labute approximate surface area is 442 Å². The van der Waals surface area contributed by atoms with E-state index in [1.54, 1.807) is 18.3 Å². The molecule has 7 rings (SSSR count). The number of aromatic nitrogens is 1. The first-order chi connectivity index (χ1) is 35.4. The monoisotopic (exact) mass is 1050 g/mol. The normalized spacial score (nSPS) is 17.8. The van der Waals surface area contributed by atoms with Gasteiger partial charge in [0, 0.05) is 55.4 Å². The third kappa shape index (κ3) is 15.0. The number of carbonyl (C=O) groups is 5. The van der Waals surface area contributed by atoms with Crippen LogP contribution in [0, 0.1) is 12.3 Å². The summed E-state index contributed by atoms with van der Waals surface area (Å²) in [7, 11) is 0. The van der Waals surface area contributed by atoms with Crippen molar-refractivity contribution in [3.8, 4) is 21.6 Å². The highest BCUT2D eigenvalue weighted by molar-refractivity contribution is 7.13. The molecule has 2 aliphatic rings. The van der Waals surface area contributed by atoms with Crippen molar-refractivity contribution in [1.82, 2.24) is 25.8 Å². The number of nitrogens with one attached hydrogen (secondary N) is 4. The van der Waals surface area contributed by atoms with Gasteiger partial charge in [-0.3, -0.25) is 24.0 Å². The van der Waals surface area contributed by atoms with Crippen LogP contribution in [0.25, 0.3) is 21.6 Å². The molecule has 0 radical (unpaired) electrons. The number of carbonyl (C=O) groups excluding carboxylic acids is 5. The van der Waals surface area contributed by atoms with E-state index < -0.39 is 35.4 Å². The van der Waals surface area contributed by atoms with Crippen molar-refractivity contribution >= 4 is 63.8 Å². The highest BCUT2D eigenvalue weighted by Gasteiger charge is 2.44. The third-order valence-electron chi connectivity index (χ3n) is 13.1. The number of thiazole rings is 1. The number of aryl methyl sites for hydroxylation is 1. The van der Waals surface area contributed by atoms with Crippen LogP contribution in [0.15, 0.2) is 96.5 Å². The van der Waals surface area contributed by atoms with E-state index in [9.17, 15) is 29.1 Å². The van der Waals surface area contributed by atoms with Crippen LogP contribution in [0.1, 0.15) is 75.9 Å². The number of nitrogens with zero attached hydrogens (tertiary/aromatic N) is 3. The van der Waals surface area contributed by atoms with Crippen LogP contribution >= 0.6 is 22.9 Å². The topological polar surface area (TPSA) is 201 Å². The number of halogens is 1. The summed E-state index contributed by atoms with van der Waals surface area (Å²) in [4.78, 5) is 74.5. The Morgan fingerprint density at radius 2 is 1.46 bits per heavy atom. The zero-order valence-electron chi connectivity index (χ0n) is 43.0. The number of anilines is 2. The highest BCUT2D eigenvalue weighted by atomic mass is 35.5. The van der Waals surface area contributed by atoms with Gasteiger partial charge in [-0.15, -0.1) is 11.3 Å². The lowest BCUT2D eigenvalue weighted by molar-refractivity contribution is -0.144. The Morgan fingerprint density at radius 1 is 0.811 bits per heavy atom. The first-order valence-electron chi connectivity index (χ1n) is 25.0. The quantitative estimate of drug-likeness (QED) is 0.0438. The van der Waals surface area contributed by atoms with Gasteiger partial charge >= 0.3 is 0 Å². The number of benzene rings is 4. The molecule has 0 bridgehead atoms. The number of β-amino-alcohol motifs (C(OH)–C–C–N with tert-alkyl or cyclic N) is 1. The molecule has 16 nitrogen and oxygen atoms in total. The van der Waals surface area contributed by atoms with Gasteiger partial charge in [0.05, 0.1) is 67.7 Å². The molecular formula is C56H68ClN7O9S. The van der Waals surface area contributed by atoms with E-state index >= 15 is 0 Å². The molecule has 1 saturated heterocycles. The van der Waals surface area contributed by atoms with Crippen molar-refractivity contribution in [3.63, 3.8) is 0 Å². The van der Waals surface area contributed by atoms with Crippen molar-refractivity contribution in [3.05, 3.63) is 124 Å². The van der Waals surface area contributed by atoms with Crippen molar-refractivity contribution in [2.24, 2.45) is 5.41 Å². The number of amides is 5. The van der Waals surface area contributed by atoms with E-state index in [1.165, 1.54) is 4.90 Å². The Bertz CT molecular complexity index is 2710. The third-order valence-corrected chi connectivity index (χ3v) is 14.3. The smallest absolute Gasteiger partial charge is 0.246 e. The fourth-order valence-corrected chi connectivity index (χ4v) is 10.3. The highest BCUT2D eigenvalue weighted by Crippen LogP contribution is 2.41. The van der Waals surface area contributed by atoms with Gasteiger partial charge in [-0.25, -0.2) is 4.98 Å². The van der Waals surface area contributed by atoms with Crippen molar-refractivity contribution in [2.45, 2.75) is 97.6 Å². The second-order valence-electron chi connectivity index (χ2n) is 19.9. The maximum Gasteiger partial charge on any atom is 0.246 e. The maximum absolute atomic E-state index is 14.0. The summed E-state index contributed by atoms with van der Waals surface area (Å²) in [6.45, 7) is 12.5. The molecule has 1 aromatic heterocycles. The van der Waals surface area contributed by atoms with Gasteiger partial charge in [0.15, 0.2) is 0 Å². The van der Waals surface area contributed by atoms with Gasteiger partial charge in [-0.1, -0.05) is 87.0 Å². The standard InChI is InChI=1S/C56H68ClN7O9S/c1-35-27-47(61-44-18-16-43(57)17-19-44)46-29-42(15-20-48(46)64(35)37(3)65)40-11-7-38(8-12-40)28-50(67)58-21-22-71-23-24-72-25-26-73-33-51(68)62-53(56(4,5)6)55(70)63-32-45(66)30-49(63)54(69)59-31-39-9-13-41(14-10-39)52-36(2)60-34-74-52/h7-20,29,34-35,45,47,49,53,61,66H,21-28,30-33H2,1-6H3,(H,58,67)(H,59,69)(H,62,68)/t35-,45-,47+,49-,53+/m0/s1. The lowest BCUT2D eigenvalue weighted by Crippen LogP contribution is -2.58. The number of aliphatic hydroxyl groups excluding tert-OH is 1. The number of hydrogen-bond donors (Lipinski definition) is 5. The molecule has 5 N–H and O–H groups in total. The molecule has 74 heavy (non-hydrogen) atoms. The Balaban J connectivity index is 0.765. The summed E-state index contributed by atoms with van der Waals surface area (Å²) in [6, 6.07) is 27.7. The largest absolute Gasteiger partial charge is 0.391 e. The maximum atomic E-state index is 14.0. The summed E-state index contributed by atoms with van der Waals surface area (Å²) < 4.78 is 16.7. The molecule has 2 aliphatic heterocycles. The van der Waals surface area contributed by atoms with Crippen LogP contribution in [0.3, 0.4) is 0 Å². The van der Waals surface area contributed by atoms with Crippen LogP contribution in [0.5, 0.6) is 0 Å². The Hall–Kier alpha value is -6.21. The Kier molecular flexibility index (Phi) is 19.4. The summed E-state index contributed by atoms with van der Waals surface area (Å²) >= 11 is 7.70. The van der Waals surface area contributed by atoms with E-state index in [1.807, 2.05) is 123 Å². The number of aliphatic hydroxyl groups is 1. The fourth-order valence-electron chi connectivity index (χ4n) is 9.32. The summed E-state index contributed by atoms with van der Waals surface area (Å²) in [6.07, 6.45) is 0.159. The number of hydrogen-bond acceptors (Lipinski definition) is 12. The molecule has 394 valence electrons. The molecule has 3 heterocycles. The van der Waals surface area contributed by atoms with E-state index in [4.69, 9.17) is 25.8 Å². The van der Waals surface area contributed by atoms with E-state index in [0.717, 1.165) is 61.7 Å². The lowest BCUT2D eigenvalue weighted by atomic mass is 9.85. The van der Waals surface area contributed by atoms with Gasteiger partial charge in [-0.2, -0.15) is 0 Å². The molecule has 0 aliphatic carbocycles. The zero-order valence-corrected chi connectivity index (χ0v) is 44.5. The van der Waals surface area contributed by atoms with Crippen LogP contribution < -0.4 is 26.2 Å². The van der Waals surface area contributed by atoms with Gasteiger partial charge in [-0.05, 0) is 95.5 Å². The number of rotatable bonds is 22. The van der Waals surface area contributed by atoms with Crippen LogP contribution in [-0.2, 0) is 51.1 Å². The fraction of sp³-hybridized carbons (Fsp3) is 0.429. The molecule has 0 saturated carbocycles. The molecule has 18 heteroatoms. The first kappa shape index (κ1) is 55.5. The van der Waals surface area contributed by atoms with Crippen molar-refractivity contribution < 1.29 is 43.3 Å². The van der Waals surface area contributed by atoms with Crippen molar-refractivity contribution in [1.29, 1.82) is 0 Å². The molecule has 5 aromatic rings. The van der Waals surface area contributed by atoms with Crippen molar-refractivity contribution in [2.75, 3.05) is 62.9 Å². The molecule has 0 unspecified atom stereocenters. The zero-order chi connectivity index (χ0) is 52.9. The molecule has 1 fully saturated rings. The number of ether oxygens (including phenoxy) is 3. The van der Waals surface area contributed by atoms with Crippen LogP contribution in [-0.4, -0.2) is 121 Å². The van der Waals surface area contributed by atoms with Gasteiger partial charge in [0.25, 0.3) is 0 Å². The molecule has 5 atom stereocenters. The molecule has 4 aromatic carbocycles. The summed E-state index contributed by atoms with van der Waals surface area (Å²) in [5, 5.41) is 23.5. The predicted molar refractivity (Wildman–Crippen MR) is 288 cm³/mol. The number of fused-ring (bicyclic) bond motifs is 1. The van der Waals surface area contributed by atoms with E-state index in [2.05, 4.69) is 39.2 Å². The van der Waals surface area contributed by atoms with Crippen LogP contribution in [0.2, 0.25) is 5.02 Å². The molecule has 5 amide bonds. The van der Waals surface area contributed by atoms with Gasteiger partial charge in [0.1, 0.15) is 18.7 Å². The van der Waals surface area contributed by atoms with Gasteiger partial charge in [0.2, 0.25) is 29.5 Å². The van der Waals surface area contributed by atoms with Gasteiger partial charge < -0.3 is 50.4 Å². The SMILES string of the molecule is CC(=O)N1c2ccc(-c3ccc(CC(=O)NCCOCCOCCOCC(=O)N[C@H](C(=O)N4C[C@@H](O)C[C@H]4C(=O)NCc4ccc(-c5scnc5C)cc4)C(C)(C)C)cc3)cc2[C@H](Nc2ccc(Cl)cc2)C[C@@H]1C. The second kappa shape index (κ2) is 25.8. The van der Waals surface area contributed by atoms with Crippen LogP contribution in [0.4, 0.5) is 11.4 Å². The number of likely N-dealkylation sites (tertiary alicyclic amines) is 1. The Morgan fingerprint density at radius 3 is 2.12 bits per heavy atom. The second-order valence-corrected chi connectivity index (χ2v) is 21.2. The molecule has 0 spiro atoms. The minimum absolute atomic E-state index is 0.00166. The average Bonchev–Trinajstić information content (AvgIpc) is 3.99.